The summed E-state index contributed by atoms with van der Waals surface area (Å²) in [7, 11) is 1.60. The van der Waals surface area contributed by atoms with Gasteiger partial charge in [-0.3, -0.25) is 9.98 Å². The number of hydrogen-bond donors (Lipinski definition) is 5. The molecule has 6 aromatic rings. The minimum atomic E-state index is -0.0388. The molecule has 0 atom stereocenters. The van der Waals surface area contributed by atoms with Crippen molar-refractivity contribution in [2.75, 3.05) is 7.11 Å². The van der Waals surface area contributed by atoms with Crippen molar-refractivity contribution in [2.24, 2.45) is 9.98 Å². The average Bonchev–Trinajstić information content (AvgIpc) is 3.56. The number of aliphatic hydroxyl groups is 1. The summed E-state index contributed by atoms with van der Waals surface area (Å²) < 4.78 is 7.96. The fraction of sp³-hybridized carbons (Fsp3) is 0.111. The van der Waals surface area contributed by atoms with Gasteiger partial charge in [-0.05, 0) is 80.1 Å². The summed E-state index contributed by atoms with van der Waals surface area (Å²) in [6.45, 7) is 3.51. The number of aliphatic hydroxyl groups excluding tert-OH is 1. The van der Waals surface area contributed by atoms with Gasteiger partial charge in [0.15, 0.2) is 0 Å². The molecule has 0 aliphatic rings. The van der Waals surface area contributed by atoms with Crippen molar-refractivity contribution in [1.29, 1.82) is 0 Å². The van der Waals surface area contributed by atoms with Crippen LogP contribution in [0.5, 0.6) is 29.0 Å². The minimum Gasteiger partial charge on any atom is -0.506 e. The number of methoxy groups -OCH3 is 1. The summed E-state index contributed by atoms with van der Waals surface area (Å²) in [6.07, 6.45) is 2.97. The van der Waals surface area contributed by atoms with Crippen LogP contribution in [0.15, 0.2) is 107 Å². The monoisotopic (exact) mass is 698 g/mol. The molecule has 0 spiro atoms. The first-order valence-corrected chi connectivity index (χ1v) is 14.8. The Morgan fingerprint density at radius 2 is 1.04 bits per heavy atom. The molecule has 0 fully saturated rings. The number of aromatic nitrogens is 4. The summed E-state index contributed by atoms with van der Waals surface area (Å²) in [5.41, 5.74) is 5.21. The van der Waals surface area contributed by atoms with Gasteiger partial charge in [0, 0.05) is 29.8 Å². The Hall–Kier alpha value is -5.87. The smallest absolute Gasteiger partial charge is 0.223 e. The maximum atomic E-state index is 10.5. The van der Waals surface area contributed by atoms with Crippen LogP contribution in [0, 0.1) is 13.8 Å². The average molecular weight is 699 g/mol. The Balaban J connectivity index is 0.000000216. The molecule has 49 heavy (non-hydrogen) atoms. The van der Waals surface area contributed by atoms with Gasteiger partial charge in [0.2, 0.25) is 11.8 Å². The van der Waals surface area contributed by atoms with Crippen LogP contribution in [0.25, 0.3) is 11.4 Å². The number of phenols is 2. The zero-order chi connectivity index (χ0) is 34.2. The molecule has 5 N–H and O–H groups in total. The van der Waals surface area contributed by atoms with E-state index in [0.717, 1.165) is 11.3 Å². The number of rotatable bonds is 8. The molecule has 4 aromatic carbocycles. The number of ether oxygens (including phenoxy) is 1. The summed E-state index contributed by atoms with van der Waals surface area (Å²) in [4.78, 5) is 8.43. The number of aromatic hydroxyl groups is 4. The Labute approximate surface area is 293 Å². The van der Waals surface area contributed by atoms with E-state index in [0.29, 0.717) is 45.3 Å². The number of phenolic OH excluding ortho intramolecular Hbond substituents is 2. The van der Waals surface area contributed by atoms with Crippen LogP contribution in [0.2, 0.25) is 0 Å². The van der Waals surface area contributed by atoms with E-state index in [1.807, 2.05) is 0 Å². The summed E-state index contributed by atoms with van der Waals surface area (Å²) in [6, 6.07) is 27.7. The summed E-state index contributed by atoms with van der Waals surface area (Å²) in [5.74, 6) is 0.815. The quantitative estimate of drug-likeness (QED) is 0.117. The first-order valence-electron chi connectivity index (χ1n) is 14.8. The molecule has 0 unspecified atom stereocenters. The second kappa shape index (κ2) is 16.3. The van der Waals surface area contributed by atoms with Gasteiger partial charge in [0.05, 0.1) is 47.6 Å². The molecule has 250 valence electrons. The third kappa shape index (κ3) is 8.35. The van der Waals surface area contributed by atoms with Crippen molar-refractivity contribution in [3.63, 3.8) is 0 Å². The fourth-order valence-corrected chi connectivity index (χ4v) is 4.60. The van der Waals surface area contributed by atoms with E-state index in [4.69, 9.17) is 9.84 Å². The van der Waals surface area contributed by atoms with Gasteiger partial charge in [0.1, 0.15) is 28.6 Å². The van der Waals surface area contributed by atoms with Crippen molar-refractivity contribution in [2.45, 2.75) is 20.5 Å². The van der Waals surface area contributed by atoms with Crippen LogP contribution >= 0.6 is 0 Å². The molecule has 2 heterocycles. The van der Waals surface area contributed by atoms with Crippen molar-refractivity contribution in [1.82, 2.24) is 19.6 Å². The van der Waals surface area contributed by atoms with E-state index in [9.17, 15) is 20.4 Å². The zero-order valence-corrected chi connectivity index (χ0v) is 28.1. The van der Waals surface area contributed by atoms with E-state index in [1.165, 1.54) is 21.8 Å². The van der Waals surface area contributed by atoms with Crippen LogP contribution in [0.4, 0.5) is 11.4 Å². The van der Waals surface area contributed by atoms with E-state index in [1.54, 1.807) is 118 Å². The van der Waals surface area contributed by atoms with Crippen LogP contribution in [0.3, 0.4) is 0 Å². The number of aryl methyl sites for hydroxylation is 2. The molecule has 6 rings (SSSR count). The van der Waals surface area contributed by atoms with Crippen molar-refractivity contribution in [3.05, 3.63) is 125 Å². The molecule has 12 nitrogen and oxygen atoms in total. The molecule has 13 heteroatoms. The van der Waals surface area contributed by atoms with Gasteiger partial charge in [-0.15, -0.1) is 0 Å². The summed E-state index contributed by atoms with van der Waals surface area (Å²) in [5, 5.41) is 58.1. The SMILES string of the molecule is COc1ccc(-n2nc(C)c(C=Nc3ccccc3O)c2O)cc1.Cc1nn(-c2ccc(CO)cc2)c(O)c1C=Nc1ccccc1O.[Cr]. The minimum absolute atomic E-state index is 0. The van der Waals surface area contributed by atoms with Gasteiger partial charge >= 0.3 is 0 Å². The van der Waals surface area contributed by atoms with Gasteiger partial charge in [-0.1, -0.05) is 36.4 Å². The number of hydrogen-bond acceptors (Lipinski definition) is 10. The molecular weight excluding hydrogens is 664 g/mol. The van der Waals surface area contributed by atoms with Crippen LogP contribution in [0.1, 0.15) is 28.1 Å². The number of benzene rings is 4. The van der Waals surface area contributed by atoms with Crippen molar-refractivity contribution in [3.8, 4) is 40.4 Å². The number of aliphatic imine (C=N–C) groups is 2. The topological polar surface area (TPSA) is 171 Å². The van der Waals surface area contributed by atoms with Crippen molar-refractivity contribution < 1.29 is 47.6 Å². The van der Waals surface area contributed by atoms with Crippen LogP contribution in [-0.4, -0.2) is 64.6 Å². The Bertz CT molecular complexity index is 1920. The molecule has 0 bridgehead atoms. The van der Waals surface area contributed by atoms with Gasteiger partial charge in [-0.2, -0.15) is 10.2 Å². The third-order valence-corrected chi connectivity index (χ3v) is 7.27. The third-order valence-electron chi connectivity index (χ3n) is 7.27. The van der Waals surface area contributed by atoms with E-state index >= 15 is 0 Å². The Morgan fingerprint density at radius 3 is 1.43 bits per heavy atom. The molecule has 0 aliphatic carbocycles. The Morgan fingerprint density at radius 1 is 0.633 bits per heavy atom. The first-order chi connectivity index (χ1) is 23.2. The van der Waals surface area contributed by atoms with Gasteiger partial charge in [0.25, 0.3) is 0 Å². The predicted octanol–water partition coefficient (Wildman–Crippen LogP) is 6.18. The number of nitrogens with zero attached hydrogens (tertiary/aromatic N) is 6. The van der Waals surface area contributed by atoms with Gasteiger partial charge in [-0.25, -0.2) is 9.36 Å². The molecule has 2 aromatic heterocycles. The van der Waals surface area contributed by atoms with E-state index in [-0.39, 0.29) is 47.2 Å². The van der Waals surface area contributed by atoms with Crippen LogP contribution in [-0.2, 0) is 24.0 Å². The molecular formula is C36H34CrN6O6. The zero-order valence-electron chi connectivity index (χ0n) is 26.8. The molecule has 0 aliphatic heterocycles. The second-order valence-corrected chi connectivity index (χ2v) is 10.5. The second-order valence-electron chi connectivity index (χ2n) is 10.5. The maximum Gasteiger partial charge on any atom is 0.223 e. The van der Waals surface area contributed by atoms with Crippen molar-refractivity contribution >= 4 is 23.8 Å². The normalized spacial score (nSPS) is 10.9. The molecule has 0 saturated carbocycles. The maximum absolute atomic E-state index is 10.5. The summed E-state index contributed by atoms with van der Waals surface area (Å²) >= 11 is 0. The van der Waals surface area contributed by atoms with E-state index < -0.39 is 0 Å². The molecule has 0 amide bonds. The Kier molecular flexibility index (Phi) is 12.0. The standard InChI is InChI=1S/2C18H17N3O3.Cr/c1-12-15(11-19-16-5-3-4-6-17(16)22)18(23)21(20-12)13-7-9-14(24-2)10-8-13;1-12-15(10-19-16-4-2-3-5-17(16)23)18(24)21(20-12)14-8-6-13(11-22)7-9-14;/h3-11,22-23H,1-2H3;2-10,22-24H,11H2,1H3;. The first kappa shape index (κ1) is 36.0. The van der Waals surface area contributed by atoms with Crippen LogP contribution < -0.4 is 4.74 Å². The molecule has 0 radical (unpaired) electrons. The van der Waals surface area contributed by atoms with Gasteiger partial charge < -0.3 is 30.3 Å². The predicted molar refractivity (Wildman–Crippen MR) is 183 cm³/mol. The number of para-hydroxylation sites is 4. The fourth-order valence-electron chi connectivity index (χ4n) is 4.60. The van der Waals surface area contributed by atoms with E-state index in [2.05, 4.69) is 20.2 Å². The largest absolute Gasteiger partial charge is 0.506 e. The molecule has 0 saturated heterocycles.